The number of allylic oxidation sites excluding steroid dienone is 7. The summed E-state index contributed by atoms with van der Waals surface area (Å²) in [7, 11) is 0. The molecule has 1 aliphatic carbocycles. The van der Waals surface area contributed by atoms with Crippen LogP contribution in [0.4, 0.5) is 0 Å². The van der Waals surface area contributed by atoms with Gasteiger partial charge < -0.3 is 0 Å². The zero-order chi connectivity index (χ0) is 14.2. The van der Waals surface area contributed by atoms with E-state index in [1.54, 1.807) is 0 Å². The molecular formula is C20H20. The minimum absolute atomic E-state index is 1.03. The van der Waals surface area contributed by atoms with Crippen LogP contribution >= 0.6 is 0 Å². The molecule has 0 saturated carbocycles. The molecule has 0 bridgehead atoms. The molecule has 0 nitrogen and oxygen atoms in total. The van der Waals surface area contributed by atoms with Gasteiger partial charge in [0.25, 0.3) is 0 Å². The van der Waals surface area contributed by atoms with E-state index in [1.807, 2.05) is 18.2 Å². The standard InChI is InChI=1S/C20H20/c1-3-4-11-20(19-14-9-6-10-15-19)16-17(2)18-12-7-5-8-13-18/h6-7,9-10,12-16H,2-4,11H2,1H3/b20-16+. The van der Waals surface area contributed by atoms with Gasteiger partial charge in [-0.3, -0.25) is 0 Å². The van der Waals surface area contributed by atoms with Crippen molar-refractivity contribution >= 4 is 5.57 Å². The largest absolute Gasteiger partial charge is 0.0911 e. The summed E-state index contributed by atoms with van der Waals surface area (Å²) in [5, 5.41) is 0. The van der Waals surface area contributed by atoms with E-state index in [2.05, 4.69) is 61.4 Å². The second kappa shape index (κ2) is 7.36. The topological polar surface area (TPSA) is 0 Å². The molecule has 2 rings (SSSR count). The van der Waals surface area contributed by atoms with Crippen LogP contribution < -0.4 is 0 Å². The number of rotatable bonds is 6. The minimum atomic E-state index is 1.03. The number of hydrogen-bond donors (Lipinski definition) is 0. The predicted molar refractivity (Wildman–Crippen MR) is 87.3 cm³/mol. The highest BCUT2D eigenvalue weighted by Crippen LogP contribution is 2.24. The number of benzene rings is 1. The van der Waals surface area contributed by atoms with Crippen LogP contribution in [0.2, 0.25) is 0 Å². The summed E-state index contributed by atoms with van der Waals surface area (Å²) >= 11 is 0. The quantitative estimate of drug-likeness (QED) is 0.460. The van der Waals surface area contributed by atoms with Gasteiger partial charge in [0.1, 0.15) is 0 Å². The first kappa shape index (κ1) is 14.2. The second-order valence-corrected chi connectivity index (χ2v) is 4.89. The second-order valence-electron chi connectivity index (χ2n) is 4.89. The van der Waals surface area contributed by atoms with Crippen molar-refractivity contribution < 1.29 is 0 Å². The molecule has 0 spiro atoms. The highest BCUT2D eigenvalue weighted by Gasteiger charge is 2.04. The van der Waals surface area contributed by atoms with Crippen molar-refractivity contribution in [3.8, 4) is 0 Å². The van der Waals surface area contributed by atoms with Crippen molar-refractivity contribution in [1.29, 1.82) is 0 Å². The Balaban J connectivity index is 2.24. The van der Waals surface area contributed by atoms with Gasteiger partial charge >= 0.3 is 0 Å². The zero-order valence-corrected chi connectivity index (χ0v) is 12.0. The van der Waals surface area contributed by atoms with Gasteiger partial charge in [-0.15, -0.1) is 0 Å². The molecule has 0 unspecified atom stereocenters. The molecule has 1 aliphatic rings. The normalized spacial score (nSPS) is 13.4. The Morgan fingerprint density at radius 3 is 2.65 bits per heavy atom. The Morgan fingerprint density at radius 1 is 1.20 bits per heavy atom. The third-order valence-corrected chi connectivity index (χ3v) is 3.32. The fraction of sp³-hybridized carbons (Fsp3) is 0.200. The van der Waals surface area contributed by atoms with Crippen LogP contribution in [0.25, 0.3) is 5.57 Å². The van der Waals surface area contributed by atoms with Crippen molar-refractivity contribution in [3.05, 3.63) is 89.4 Å². The van der Waals surface area contributed by atoms with Crippen LogP contribution in [0.3, 0.4) is 0 Å². The van der Waals surface area contributed by atoms with Crippen molar-refractivity contribution in [3.63, 3.8) is 0 Å². The highest BCUT2D eigenvalue weighted by atomic mass is 14.1. The molecule has 20 heavy (non-hydrogen) atoms. The van der Waals surface area contributed by atoms with Gasteiger partial charge in [-0.1, -0.05) is 67.8 Å². The van der Waals surface area contributed by atoms with Crippen molar-refractivity contribution in [2.45, 2.75) is 26.2 Å². The first-order valence-electron chi connectivity index (χ1n) is 7.14. The average molecular weight is 260 g/mol. The first-order valence-corrected chi connectivity index (χ1v) is 7.14. The third-order valence-electron chi connectivity index (χ3n) is 3.32. The minimum Gasteiger partial charge on any atom is -0.0911 e. The molecule has 0 amide bonds. The van der Waals surface area contributed by atoms with E-state index >= 15 is 0 Å². The summed E-state index contributed by atoms with van der Waals surface area (Å²) in [5.74, 6) is 0. The lowest BCUT2D eigenvalue weighted by atomic mass is 9.95. The Bertz CT molecular complexity index is 626. The van der Waals surface area contributed by atoms with Gasteiger partial charge in [0.15, 0.2) is 0 Å². The molecule has 0 atom stereocenters. The summed E-state index contributed by atoms with van der Waals surface area (Å²) in [6.07, 6.45) is 11.5. The predicted octanol–water partition coefficient (Wildman–Crippen LogP) is 5.62. The molecule has 1 aromatic rings. The van der Waals surface area contributed by atoms with E-state index in [9.17, 15) is 0 Å². The molecule has 1 aromatic carbocycles. The highest BCUT2D eigenvalue weighted by molar-refractivity contribution is 5.70. The summed E-state index contributed by atoms with van der Waals surface area (Å²) in [6, 6.07) is 10.6. The Labute approximate surface area is 121 Å². The summed E-state index contributed by atoms with van der Waals surface area (Å²) in [4.78, 5) is 0. The zero-order valence-electron chi connectivity index (χ0n) is 12.0. The van der Waals surface area contributed by atoms with Gasteiger partial charge in [0.2, 0.25) is 0 Å². The molecular weight excluding hydrogens is 240 g/mol. The fourth-order valence-corrected chi connectivity index (χ4v) is 2.16. The van der Waals surface area contributed by atoms with Crippen LogP contribution in [-0.4, -0.2) is 0 Å². The maximum atomic E-state index is 4.19. The Morgan fingerprint density at radius 2 is 2.00 bits per heavy atom. The fourth-order valence-electron chi connectivity index (χ4n) is 2.16. The van der Waals surface area contributed by atoms with Gasteiger partial charge in [0.05, 0.1) is 0 Å². The maximum Gasteiger partial charge on any atom is -0.00367 e. The van der Waals surface area contributed by atoms with E-state index in [0.717, 1.165) is 17.6 Å². The van der Waals surface area contributed by atoms with Crippen LogP contribution in [0, 0.1) is 0 Å². The van der Waals surface area contributed by atoms with E-state index in [4.69, 9.17) is 0 Å². The molecule has 0 fully saturated rings. The number of hydrogen-bond acceptors (Lipinski definition) is 0. The molecule has 0 heteroatoms. The lowest BCUT2D eigenvalue weighted by Gasteiger charge is -2.09. The smallest absolute Gasteiger partial charge is 0.00367 e. The van der Waals surface area contributed by atoms with E-state index in [0.29, 0.717) is 0 Å². The molecule has 0 radical (unpaired) electrons. The molecule has 0 saturated heterocycles. The van der Waals surface area contributed by atoms with Gasteiger partial charge in [-0.25, -0.2) is 0 Å². The van der Waals surface area contributed by atoms with Crippen molar-refractivity contribution in [1.82, 2.24) is 0 Å². The van der Waals surface area contributed by atoms with Crippen LogP contribution in [-0.2, 0) is 0 Å². The lowest BCUT2D eigenvalue weighted by Crippen LogP contribution is -1.89. The number of unbranched alkanes of at least 4 members (excludes halogenated alkanes) is 1. The third kappa shape index (κ3) is 3.87. The van der Waals surface area contributed by atoms with Crippen molar-refractivity contribution in [2.75, 3.05) is 0 Å². The van der Waals surface area contributed by atoms with E-state index in [1.165, 1.54) is 24.0 Å². The monoisotopic (exact) mass is 260 g/mol. The van der Waals surface area contributed by atoms with Crippen LogP contribution in [0.15, 0.2) is 83.8 Å². The Kier molecular flexibility index (Phi) is 5.21. The van der Waals surface area contributed by atoms with Crippen LogP contribution in [0.5, 0.6) is 0 Å². The average Bonchev–Trinajstić information content (AvgIpc) is 2.53. The SMILES string of the molecule is C=C(/C=C(\CCCC)c1ccccc1)C1=CC=C=C=C1. The summed E-state index contributed by atoms with van der Waals surface area (Å²) in [6.45, 7) is 6.41. The molecule has 0 aliphatic heterocycles. The van der Waals surface area contributed by atoms with Crippen LogP contribution in [0.1, 0.15) is 31.7 Å². The van der Waals surface area contributed by atoms with Gasteiger partial charge in [-0.05, 0) is 53.4 Å². The van der Waals surface area contributed by atoms with Gasteiger partial charge in [0, 0.05) is 0 Å². The molecule has 100 valence electrons. The first-order chi connectivity index (χ1) is 9.81. The summed E-state index contributed by atoms with van der Waals surface area (Å²) < 4.78 is 0. The Hall–Kier alpha value is -2.26. The lowest BCUT2D eigenvalue weighted by molar-refractivity contribution is 0.824. The molecule has 0 aromatic heterocycles. The van der Waals surface area contributed by atoms with E-state index in [-0.39, 0.29) is 0 Å². The summed E-state index contributed by atoms with van der Waals surface area (Å²) in [5.41, 5.74) is 10.7. The van der Waals surface area contributed by atoms with E-state index < -0.39 is 0 Å². The maximum absolute atomic E-state index is 4.19. The molecule has 0 N–H and O–H groups in total. The van der Waals surface area contributed by atoms with Gasteiger partial charge in [-0.2, -0.15) is 0 Å². The van der Waals surface area contributed by atoms with Crippen molar-refractivity contribution in [2.24, 2.45) is 0 Å². The molecule has 0 heterocycles.